The largest absolute Gasteiger partial charge is 0.480 e. The van der Waals surface area contributed by atoms with E-state index >= 15 is 0 Å². The summed E-state index contributed by atoms with van der Waals surface area (Å²) in [5.74, 6) is -0.852. The highest BCUT2D eigenvalue weighted by molar-refractivity contribution is 9.10. The van der Waals surface area contributed by atoms with Crippen LogP contribution in [0.5, 0.6) is 0 Å². The molecule has 0 bridgehead atoms. The van der Waals surface area contributed by atoms with Gasteiger partial charge in [0.15, 0.2) is 0 Å². The lowest BCUT2D eigenvalue weighted by atomic mass is 10.2. The fourth-order valence-electron chi connectivity index (χ4n) is 1.41. The van der Waals surface area contributed by atoms with Crippen LogP contribution in [0.2, 0.25) is 0 Å². The highest BCUT2D eigenvalue weighted by Crippen LogP contribution is 2.32. The first-order valence-corrected chi connectivity index (χ1v) is 6.41. The first-order chi connectivity index (χ1) is 7.58. The summed E-state index contributed by atoms with van der Waals surface area (Å²) in [6.07, 6.45) is 0. The van der Waals surface area contributed by atoms with Crippen molar-refractivity contribution >= 4 is 49.0 Å². The van der Waals surface area contributed by atoms with Crippen LogP contribution in [0.25, 0.3) is 10.1 Å². The maximum atomic E-state index is 10.8. The predicted octanol–water partition coefficient (Wildman–Crippen LogP) is 3.55. The van der Waals surface area contributed by atoms with Crippen molar-refractivity contribution in [2.45, 2.75) is 13.0 Å². The predicted molar refractivity (Wildman–Crippen MR) is 70.2 cm³/mol. The molecule has 0 amide bonds. The molecule has 2 rings (SSSR count). The molecule has 3 nitrogen and oxygen atoms in total. The number of carbonyl (C=O) groups is 1. The van der Waals surface area contributed by atoms with Gasteiger partial charge in [-0.2, -0.15) is 0 Å². The van der Waals surface area contributed by atoms with Gasteiger partial charge in [0, 0.05) is 19.9 Å². The van der Waals surface area contributed by atoms with Gasteiger partial charge in [-0.1, -0.05) is 15.9 Å². The zero-order chi connectivity index (χ0) is 11.7. The lowest BCUT2D eigenvalue weighted by molar-refractivity contribution is -0.137. The van der Waals surface area contributed by atoms with Crippen LogP contribution in [-0.4, -0.2) is 17.1 Å². The zero-order valence-electron chi connectivity index (χ0n) is 8.53. The monoisotopic (exact) mass is 299 g/mol. The standard InChI is InChI=1S/C11H10BrNO2S/c1-6(11(14)15)13-9-5-16-10-3-2-7(12)4-8(9)10/h2-6,13H,1H3,(H,14,15). The average molecular weight is 300 g/mol. The molecule has 0 spiro atoms. The molecule has 5 heteroatoms. The van der Waals surface area contributed by atoms with Gasteiger partial charge in [0.2, 0.25) is 0 Å². The van der Waals surface area contributed by atoms with Crippen molar-refractivity contribution in [1.82, 2.24) is 0 Å². The van der Waals surface area contributed by atoms with Crippen molar-refractivity contribution in [2.75, 3.05) is 5.32 Å². The third-order valence-corrected chi connectivity index (χ3v) is 3.73. The van der Waals surface area contributed by atoms with Crippen molar-refractivity contribution in [2.24, 2.45) is 0 Å². The number of aliphatic carboxylic acids is 1. The fourth-order valence-corrected chi connectivity index (χ4v) is 2.65. The molecule has 0 aliphatic heterocycles. The van der Waals surface area contributed by atoms with Gasteiger partial charge in [0.1, 0.15) is 6.04 Å². The Kier molecular flexibility index (Phi) is 3.16. The number of rotatable bonds is 3. The molecule has 2 aromatic rings. The highest BCUT2D eigenvalue weighted by atomic mass is 79.9. The summed E-state index contributed by atoms with van der Waals surface area (Å²) >= 11 is 5.01. The van der Waals surface area contributed by atoms with Crippen LogP contribution in [0.15, 0.2) is 28.1 Å². The van der Waals surface area contributed by atoms with Gasteiger partial charge in [-0.25, -0.2) is 0 Å². The van der Waals surface area contributed by atoms with E-state index in [0.717, 1.165) is 20.2 Å². The van der Waals surface area contributed by atoms with Crippen LogP contribution in [-0.2, 0) is 4.79 Å². The highest BCUT2D eigenvalue weighted by Gasteiger charge is 2.12. The minimum absolute atomic E-state index is 0.586. The van der Waals surface area contributed by atoms with E-state index < -0.39 is 12.0 Å². The number of carboxylic acids is 1. The number of nitrogens with one attached hydrogen (secondary N) is 1. The first-order valence-electron chi connectivity index (χ1n) is 4.74. The van der Waals surface area contributed by atoms with Crippen LogP contribution in [0.4, 0.5) is 5.69 Å². The number of hydrogen-bond donors (Lipinski definition) is 2. The van der Waals surface area contributed by atoms with Gasteiger partial charge >= 0.3 is 5.97 Å². The van der Waals surface area contributed by atoms with E-state index in [1.807, 2.05) is 23.6 Å². The van der Waals surface area contributed by atoms with Gasteiger partial charge in [-0.05, 0) is 25.1 Å². The molecule has 1 heterocycles. The van der Waals surface area contributed by atoms with Crippen molar-refractivity contribution in [3.63, 3.8) is 0 Å². The Bertz CT molecular complexity index is 538. The smallest absolute Gasteiger partial charge is 0.325 e. The van der Waals surface area contributed by atoms with Gasteiger partial charge in [0.05, 0.1) is 5.69 Å². The molecule has 16 heavy (non-hydrogen) atoms. The minimum Gasteiger partial charge on any atom is -0.480 e. The van der Waals surface area contributed by atoms with Crippen molar-refractivity contribution in [3.8, 4) is 0 Å². The van der Waals surface area contributed by atoms with E-state index in [4.69, 9.17) is 5.11 Å². The molecule has 0 radical (unpaired) electrons. The topological polar surface area (TPSA) is 49.3 Å². The second kappa shape index (κ2) is 4.43. The number of benzene rings is 1. The van der Waals surface area contributed by atoms with Crippen LogP contribution >= 0.6 is 27.3 Å². The molecule has 1 unspecified atom stereocenters. The molecular formula is C11H10BrNO2S. The van der Waals surface area contributed by atoms with Crippen LogP contribution in [0.3, 0.4) is 0 Å². The first kappa shape index (κ1) is 11.4. The Morgan fingerprint density at radius 3 is 3.00 bits per heavy atom. The van der Waals surface area contributed by atoms with Crippen LogP contribution in [0, 0.1) is 0 Å². The third kappa shape index (κ3) is 2.20. The number of carboxylic acid groups (broad SMARTS) is 1. The van der Waals surface area contributed by atoms with E-state index in [9.17, 15) is 4.79 Å². The SMILES string of the molecule is CC(Nc1csc2ccc(Br)cc12)C(=O)O. The third-order valence-electron chi connectivity index (χ3n) is 2.28. The summed E-state index contributed by atoms with van der Waals surface area (Å²) in [5.41, 5.74) is 0.871. The van der Waals surface area contributed by atoms with Crippen LogP contribution < -0.4 is 5.32 Å². The normalized spacial score (nSPS) is 12.6. The van der Waals surface area contributed by atoms with E-state index in [-0.39, 0.29) is 0 Å². The van der Waals surface area contributed by atoms with Gasteiger partial charge < -0.3 is 10.4 Å². The zero-order valence-corrected chi connectivity index (χ0v) is 10.9. The van der Waals surface area contributed by atoms with E-state index in [0.29, 0.717) is 0 Å². The Balaban J connectivity index is 2.37. The Hall–Kier alpha value is -1.07. The number of thiophene rings is 1. The molecule has 0 saturated heterocycles. The fraction of sp³-hybridized carbons (Fsp3) is 0.182. The van der Waals surface area contributed by atoms with E-state index in [1.165, 1.54) is 0 Å². The quantitative estimate of drug-likeness (QED) is 0.911. The maximum absolute atomic E-state index is 10.8. The molecule has 0 aliphatic rings. The number of halogens is 1. The summed E-state index contributed by atoms with van der Waals surface area (Å²) in [7, 11) is 0. The number of hydrogen-bond acceptors (Lipinski definition) is 3. The van der Waals surface area contributed by atoms with Crippen molar-refractivity contribution < 1.29 is 9.90 Å². The molecule has 0 aliphatic carbocycles. The summed E-state index contributed by atoms with van der Waals surface area (Å²) in [4.78, 5) is 10.8. The maximum Gasteiger partial charge on any atom is 0.325 e. The molecule has 1 aromatic heterocycles. The summed E-state index contributed by atoms with van der Waals surface area (Å²) in [5, 5.41) is 14.8. The van der Waals surface area contributed by atoms with Crippen LogP contribution in [0.1, 0.15) is 6.92 Å². The van der Waals surface area contributed by atoms with E-state index in [2.05, 4.69) is 21.2 Å². The number of anilines is 1. The second-order valence-corrected chi connectivity index (χ2v) is 5.32. The Labute approximate surface area is 105 Å². The number of fused-ring (bicyclic) bond motifs is 1. The lowest BCUT2D eigenvalue weighted by Gasteiger charge is -2.09. The average Bonchev–Trinajstić information content (AvgIpc) is 2.61. The minimum atomic E-state index is -0.852. The Morgan fingerprint density at radius 2 is 2.31 bits per heavy atom. The molecule has 2 N–H and O–H groups in total. The van der Waals surface area contributed by atoms with Crippen molar-refractivity contribution in [3.05, 3.63) is 28.1 Å². The summed E-state index contributed by atoms with van der Waals surface area (Å²) < 4.78 is 2.13. The molecule has 1 atom stereocenters. The molecule has 84 valence electrons. The van der Waals surface area contributed by atoms with Gasteiger partial charge in [-0.3, -0.25) is 4.79 Å². The Morgan fingerprint density at radius 1 is 1.56 bits per heavy atom. The van der Waals surface area contributed by atoms with Gasteiger partial charge in [0.25, 0.3) is 0 Å². The van der Waals surface area contributed by atoms with Gasteiger partial charge in [-0.15, -0.1) is 11.3 Å². The second-order valence-electron chi connectivity index (χ2n) is 3.49. The lowest BCUT2D eigenvalue weighted by Crippen LogP contribution is -2.25. The molecule has 0 fully saturated rings. The summed E-state index contributed by atoms with van der Waals surface area (Å²) in [6, 6.07) is 5.39. The molecule has 1 aromatic carbocycles. The molecule has 0 saturated carbocycles. The van der Waals surface area contributed by atoms with E-state index in [1.54, 1.807) is 18.3 Å². The molecular weight excluding hydrogens is 290 g/mol. The summed E-state index contributed by atoms with van der Waals surface area (Å²) in [6.45, 7) is 1.63. The van der Waals surface area contributed by atoms with Crippen molar-refractivity contribution in [1.29, 1.82) is 0 Å².